The standard InChI is InChI=1S/C20H21N5/c1-13(2)15-8-10-16(11-9-15)18-12-19(17-6-4-14(3)5-7-17)25-20(21-18)22-23-24-25/h4-13,19H,1-3H3,(H,21,22,24)/t19-/m1/s1. The zero-order chi connectivity index (χ0) is 17.4. The van der Waals surface area contributed by atoms with Crippen molar-refractivity contribution < 1.29 is 0 Å². The number of tetrazole rings is 1. The monoisotopic (exact) mass is 331 g/mol. The molecule has 0 bridgehead atoms. The first-order valence-corrected chi connectivity index (χ1v) is 8.55. The molecule has 126 valence electrons. The molecule has 25 heavy (non-hydrogen) atoms. The van der Waals surface area contributed by atoms with Gasteiger partial charge in [0.1, 0.15) is 6.04 Å². The van der Waals surface area contributed by atoms with Crippen LogP contribution in [-0.4, -0.2) is 20.2 Å². The molecule has 1 aliphatic heterocycles. The molecule has 3 aromatic rings. The van der Waals surface area contributed by atoms with Gasteiger partial charge in [-0.2, -0.15) is 4.68 Å². The predicted octanol–water partition coefficient (Wildman–Crippen LogP) is 4.16. The van der Waals surface area contributed by atoms with Gasteiger partial charge in [0.2, 0.25) is 5.95 Å². The van der Waals surface area contributed by atoms with E-state index in [0.29, 0.717) is 11.9 Å². The van der Waals surface area contributed by atoms with Crippen LogP contribution in [0.1, 0.15) is 48.1 Å². The maximum Gasteiger partial charge on any atom is 0.248 e. The van der Waals surface area contributed by atoms with Crippen molar-refractivity contribution in [3.63, 3.8) is 0 Å². The van der Waals surface area contributed by atoms with Gasteiger partial charge in [-0.3, -0.25) is 0 Å². The van der Waals surface area contributed by atoms with E-state index in [0.717, 1.165) is 16.8 Å². The Kier molecular flexibility index (Phi) is 3.84. The van der Waals surface area contributed by atoms with Crippen molar-refractivity contribution in [1.29, 1.82) is 0 Å². The van der Waals surface area contributed by atoms with Gasteiger partial charge in [-0.1, -0.05) is 73.0 Å². The van der Waals surface area contributed by atoms with E-state index >= 15 is 0 Å². The Hall–Kier alpha value is -2.95. The van der Waals surface area contributed by atoms with Gasteiger partial charge in [-0.25, -0.2) is 0 Å². The van der Waals surface area contributed by atoms with E-state index in [9.17, 15) is 0 Å². The van der Waals surface area contributed by atoms with Crippen molar-refractivity contribution in [3.05, 3.63) is 76.9 Å². The second-order valence-electron chi connectivity index (χ2n) is 6.78. The first-order valence-electron chi connectivity index (χ1n) is 8.55. The zero-order valence-electron chi connectivity index (χ0n) is 14.6. The number of rotatable bonds is 3. The lowest BCUT2D eigenvalue weighted by Crippen LogP contribution is -2.20. The van der Waals surface area contributed by atoms with Gasteiger partial charge in [0.05, 0.1) is 0 Å². The summed E-state index contributed by atoms with van der Waals surface area (Å²) in [5.74, 6) is 1.19. The van der Waals surface area contributed by atoms with Gasteiger partial charge in [0.15, 0.2) is 0 Å². The molecule has 4 rings (SSSR count). The highest BCUT2D eigenvalue weighted by Gasteiger charge is 2.24. The van der Waals surface area contributed by atoms with E-state index < -0.39 is 0 Å². The maximum atomic E-state index is 4.15. The van der Waals surface area contributed by atoms with Crippen LogP contribution in [0, 0.1) is 6.92 Å². The molecular weight excluding hydrogens is 310 g/mol. The van der Waals surface area contributed by atoms with Crippen LogP contribution in [0.25, 0.3) is 5.70 Å². The summed E-state index contributed by atoms with van der Waals surface area (Å²) in [5, 5.41) is 15.4. The van der Waals surface area contributed by atoms with E-state index in [-0.39, 0.29) is 6.04 Å². The molecule has 0 saturated heterocycles. The smallest absolute Gasteiger partial charge is 0.248 e. The van der Waals surface area contributed by atoms with Crippen molar-refractivity contribution in [2.45, 2.75) is 32.7 Å². The van der Waals surface area contributed by atoms with Crippen LogP contribution in [-0.2, 0) is 0 Å². The Morgan fingerprint density at radius 1 is 1.00 bits per heavy atom. The van der Waals surface area contributed by atoms with Crippen molar-refractivity contribution in [3.8, 4) is 0 Å². The molecule has 2 aromatic carbocycles. The minimum atomic E-state index is -0.0216. The third kappa shape index (κ3) is 2.93. The summed E-state index contributed by atoms with van der Waals surface area (Å²) in [6, 6.07) is 17.1. The van der Waals surface area contributed by atoms with Crippen LogP contribution < -0.4 is 5.32 Å². The summed E-state index contributed by atoms with van der Waals surface area (Å²) in [4.78, 5) is 0. The quantitative estimate of drug-likeness (QED) is 0.783. The number of nitrogens with one attached hydrogen (secondary N) is 1. The zero-order valence-corrected chi connectivity index (χ0v) is 14.6. The highest BCUT2D eigenvalue weighted by atomic mass is 15.6. The van der Waals surface area contributed by atoms with E-state index in [1.807, 2.05) is 4.68 Å². The van der Waals surface area contributed by atoms with Gasteiger partial charge < -0.3 is 5.32 Å². The van der Waals surface area contributed by atoms with Gasteiger partial charge in [0, 0.05) is 5.70 Å². The molecule has 5 heteroatoms. The van der Waals surface area contributed by atoms with Crippen molar-refractivity contribution in [1.82, 2.24) is 20.2 Å². The molecule has 1 aromatic heterocycles. The number of benzene rings is 2. The highest BCUT2D eigenvalue weighted by molar-refractivity contribution is 5.77. The molecule has 1 N–H and O–H groups in total. The largest absolute Gasteiger partial charge is 0.323 e. The summed E-state index contributed by atoms with van der Waals surface area (Å²) in [6.07, 6.45) is 2.18. The fraction of sp³-hybridized carbons (Fsp3) is 0.250. The summed E-state index contributed by atoms with van der Waals surface area (Å²) >= 11 is 0. The molecule has 1 aliphatic rings. The lowest BCUT2D eigenvalue weighted by molar-refractivity contribution is 0.586. The average Bonchev–Trinajstić information content (AvgIpc) is 3.10. The number of hydrogen-bond acceptors (Lipinski definition) is 4. The lowest BCUT2D eigenvalue weighted by Gasteiger charge is -2.23. The van der Waals surface area contributed by atoms with Crippen LogP contribution >= 0.6 is 0 Å². The van der Waals surface area contributed by atoms with Crippen LogP contribution in [0.5, 0.6) is 0 Å². The molecule has 2 heterocycles. The molecule has 0 saturated carbocycles. The Labute approximate surface area is 147 Å². The molecule has 0 aliphatic carbocycles. The first-order chi connectivity index (χ1) is 12.1. The van der Waals surface area contributed by atoms with Crippen molar-refractivity contribution in [2.75, 3.05) is 5.32 Å². The number of hydrogen-bond donors (Lipinski definition) is 1. The van der Waals surface area contributed by atoms with Gasteiger partial charge in [0.25, 0.3) is 0 Å². The van der Waals surface area contributed by atoms with Gasteiger partial charge in [-0.05, 0) is 46.0 Å². The number of allylic oxidation sites excluding steroid dienone is 1. The number of fused-ring (bicyclic) bond motifs is 1. The third-order valence-electron chi connectivity index (χ3n) is 4.63. The Morgan fingerprint density at radius 3 is 2.40 bits per heavy atom. The maximum absolute atomic E-state index is 4.15. The summed E-state index contributed by atoms with van der Waals surface area (Å²) in [7, 11) is 0. The SMILES string of the molecule is Cc1ccc([C@H]2C=C(c3ccc(C(C)C)cc3)Nc3nnnn32)cc1. The summed E-state index contributed by atoms with van der Waals surface area (Å²) in [5.41, 5.74) is 5.90. The summed E-state index contributed by atoms with van der Waals surface area (Å²) < 4.78 is 1.82. The average molecular weight is 331 g/mol. The van der Waals surface area contributed by atoms with Crippen molar-refractivity contribution >= 4 is 11.6 Å². The second-order valence-corrected chi connectivity index (χ2v) is 6.78. The summed E-state index contributed by atoms with van der Waals surface area (Å²) in [6.45, 7) is 6.50. The fourth-order valence-corrected chi connectivity index (χ4v) is 3.07. The predicted molar refractivity (Wildman–Crippen MR) is 99.3 cm³/mol. The molecule has 0 amide bonds. The molecule has 0 fully saturated rings. The van der Waals surface area contributed by atoms with E-state index in [2.05, 4.69) is 96.2 Å². The number of anilines is 1. The van der Waals surface area contributed by atoms with Gasteiger partial charge in [-0.15, -0.1) is 0 Å². The van der Waals surface area contributed by atoms with Crippen LogP contribution in [0.15, 0.2) is 54.6 Å². The van der Waals surface area contributed by atoms with Gasteiger partial charge >= 0.3 is 0 Å². The van der Waals surface area contributed by atoms with E-state index in [4.69, 9.17) is 0 Å². The van der Waals surface area contributed by atoms with E-state index in [1.165, 1.54) is 11.1 Å². The minimum absolute atomic E-state index is 0.0216. The van der Waals surface area contributed by atoms with E-state index in [1.54, 1.807) is 0 Å². The molecule has 0 unspecified atom stereocenters. The molecule has 0 spiro atoms. The Bertz CT molecular complexity index is 904. The lowest BCUT2D eigenvalue weighted by atomic mass is 9.98. The first kappa shape index (κ1) is 15.6. The van der Waals surface area contributed by atoms with Crippen LogP contribution in [0.2, 0.25) is 0 Å². The second kappa shape index (κ2) is 6.16. The molecular formula is C20H21N5. The number of aromatic nitrogens is 4. The molecule has 1 atom stereocenters. The fourth-order valence-electron chi connectivity index (χ4n) is 3.07. The minimum Gasteiger partial charge on any atom is -0.323 e. The topological polar surface area (TPSA) is 55.6 Å². The van der Waals surface area contributed by atoms with Crippen LogP contribution in [0.3, 0.4) is 0 Å². The third-order valence-corrected chi connectivity index (χ3v) is 4.63. The Balaban J connectivity index is 1.74. The van der Waals surface area contributed by atoms with Crippen LogP contribution in [0.4, 0.5) is 5.95 Å². The molecule has 5 nitrogen and oxygen atoms in total. The van der Waals surface area contributed by atoms with Crippen molar-refractivity contribution in [2.24, 2.45) is 0 Å². The highest BCUT2D eigenvalue weighted by Crippen LogP contribution is 2.32. The number of aryl methyl sites for hydroxylation is 1. The molecule has 0 radical (unpaired) electrons. The normalized spacial score (nSPS) is 16.3. The Morgan fingerprint density at radius 2 is 1.72 bits per heavy atom. The number of nitrogens with zero attached hydrogens (tertiary/aromatic N) is 4.